The first-order valence-electron chi connectivity index (χ1n) is 6.19. The van der Waals surface area contributed by atoms with Gasteiger partial charge in [0.05, 0.1) is 6.33 Å². The number of carboxylic acids is 1. The second kappa shape index (κ2) is 5.20. The molecule has 2 rings (SSSR count). The van der Waals surface area contributed by atoms with E-state index in [2.05, 4.69) is 16.9 Å². The number of imidazole rings is 1. The highest BCUT2D eigenvalue weighted by Gasteiger charge is 2.27. The standard InChI is InChI=1S/C12H17N3O3/c1-2-8-3-5-15(6-4-8)11(16)9-10(12(17)18)14-7-13-9/h7-8H,2-6H2,1H3,(H,13,14)(H,17,18). The molecule has 2 N–H and O–H groups in total. The van der Waals surface area contributed by atoms with E-state index < -0.39 is 5.97 Å². The third kappa shape index (κ3) is 2.37. The number of hydrogen-bond donors (Lipinski definition) is 2. The second-order valence-corrected chi connectivity index (χ2v) is 4.58. The summed E-state index contributed by atoms with van der Waals surface area (Å²) in [7, 11) is 0. The zero-order valence-electron chi connectivity index (χ0n) is 10.3. The topological polar surface area (TPSA) is 86.3 Å². The Morgan fingerprint density at radius 2 is 2.17 bits per heavy atom. The lowest BCUT2D eigenvalue weighted by Gasteiger charge is -2.31. The molecule has 1 saturated heterocycles. The minimum absolute atomic E-state index is 0.0115. The average molecular weight is 251 g/mol. The van der Waals surface area contributed by atoms with Gasteiger partial charge < -0.3 is 15.0 Å². The zero-order chi connectivity index (χ0) is 13.1. The number of aromatic carboxylic acids is 1. The summed E-state index contributed by atoms with van der Waals surface area (Å²) < 4.78 is 0. The first-order valence-corrected chi connectivity index (χ1v) is 6.19. The molecule has 1 fully saturated rings. The van der Waals surface area contributed by atoms with Crippen molar-refractivity contribution in [3.63, 3.8) is 0 Å². The van der Waals surface area contributed by atoms with E-state index in [9.17, 15) is 9.59 Å². The van der Waals surface area contributed by atoms with Crippen molar-refractivity contribution in [3.8, 4) is 0 Å². The fraction of sp³-hybridized carbons (Fsp3) is 0.583. The fourth-order valence-electron chi connectivity index (χ4n) is 2.31. The Labute approximate surface area is 105 Å². The van der Waals surface area contributed by atoms with Crippen LogP contribution in [0.3, 0.4) is 0 Å². The van der Waals surface area contributed by atoms with Crippen LogP contribution in [-0.4, -0.2) is 44.9 Å². The lowest BCUT2D eigenvalue weighted by molar-refractivity contribution is 0.0643. The maximum absolute atomic E-state index is 12.2. The van der Waals surface area contributed by atoms with Gasteiger partial charge in [-0.1, -0.05) is 13.3 Å². The largest absolute Gasteiger partial charge is 0.477 e. The highest BCUT2D eigenvalue weighted by atomic mass is 16.4. The lowest BCUT2D eigenvalue weighted by Crippen LogP contribution is -2.39. The fourth-order valence-corrected chi connectivity index (χ4v) is 2.31. The quantitative estimate of drug-likeness (QED) is 0.849. The van der Waals surface area contributed by atoms with Crippen molar-refractivity contribution in [2.75, 3.05) is 13.1 Å². The smallest absolute Gasteiger partial charge is 0.354 e. The Bertz CT molecular complexity index is 447. The molecular weight excluding hydrogens is 234 g/mol. The summed E-state index contributed by atoms with van der Waals surface area (Å²) in [4.78, 5) is 31.1. The van der Waals surface area contributed by atoms with E-state index in [0.29, 0.717) is 19.0 Å². The van der Waals surface area contributed by atoms with Crippen LogP contribution in [0.1, 0.15) is 47.2 Å². The van der Waals surface area contributed by atoms with Crippen molar-refractivity contribution in [1.29, 1.82) is 0 Å². The molecule has 1 amide bonds. The molecule has 0 unspecified atom stereocenters. The lowest BCUT2D eigenvalue weighted by atomic mass is 9.94. The molecule has 1 aliphatic rings. The van der Waals surface area contributed by atoms with Gasteiger partial charge in [0, 0.05) is 13.1 Å². The predicted octanol–water partition coefficient (Wildman–Crippen LogP) is 1.37. The van der Waals surface area contributed by atoms with E-state index in [1.807, 2.05) is 0 Å². The van der Waals surface area contributed by atoms with Crippen LogP contribution in [0.15, 0.2) is 6.33 Å². The van der Waals surface area contributed by atoms with E-state index >= 15 is 0 Å². The van der Waals surface area contributed by atoms with Crippen LogP contribution in [0.25, 0.3) is 0 Å². The molecule has 0 saturated carbocycles. The van der Waals surface area contributed by atoms with Crippen molar-refractivity contribution in [3.05, 3.63) is 17.7 Å². The monoisotopic (exact) mass is 251 g/mol. The number of carbonyl (C=O) groups excluding carboxylic acids is 1. The van der Waals surface area contributed by atoms with E-state index in [1.165, 1.54) is 6.33 Å². The number of piperidine rings is 1. The molecule has 2 heterocycles. The molecular formula is C12H17N3O3. The van der Waals surface area contributed by atoms with Gasteiger partial charge in [0.1, 0.15) is 0 Å². The number of nitrogens with one attached hydrogen (secondary N) is 1. The van der Waals surface area contributed by atoms with Gasteiger partial charge >= 0.3 is 5.97 Å². The molecule has 1 aromatic heterocycles. The number of carboxylic acid groups (broad SMARTS) is 1. The summed E-state index contributed by atoms with van der Waals surface area (Å²) in [5.41, 5.74) is -0.116. The number of amides is 1. The van der Waals surface area contributed by atoms with E-state index in [0.717, 1.165) is 19.3 Å². The van der Waals surface area contributed by atoms with Gasteiger partial charge in [0.15, 0.2) is 11.4 Å². The summed E-state index contributed by atoms with van der Waals surface area (Å²) >= 11 is 0. The summed E-state index contributed by atoms with van der Waals surface area (Å²) in [5, 5.41) is 8.94. The molecule has 0 atom stereocenters. The van der Waals surface area contributed by atoms with Gasteiger partial charge in [0.25, 0.3) is 5.91 Å². The van der Waals surface area contributed by atoms with Crippen LogP contribution in [0.4, 0.5) is 0 Å². The third-order valence-electron chi connectivity index (χ3n) is 3.53. The van der Waals surface area contributed by atoms with E-state index in [-0.39, 0.29) is 17.3 Å². The van der Waals surface area contributed by atoms with E-state index in [1.54, 1.807) is 4.90 Å². The molecule has 0 aromatic carbocycles. The Morgan fingerprint density at radius 3 is 2.72 bits per heavy atom. The molecule has 0 aliphatic carbocycles. The SMILES string of the molecule is CCC1CCN(C(=O)c2nc[nH]c2C(=O)O)CC1. The maximum Gasteiger partial charge on any atom is 0.354 e. The Morgan fingerprint density at radius 1 is 1.50 bits per heavy atom. The minimum Gasteiger partial charge on any atom is -0.477 e. The second-order valence-electron chi connectivity index (χ2n) is 4.58. The van der Waals surface area contributed by atoms with Crippen LogP contribution in [0, 0.1) is 5.92 Å². The predicted molar refractivity (Wildman–Crippen MR) is 64.5 cm³/mol. The number of carbonyl (C=O) groups is 2. The maximum atomic E-state index is 12.2. The highest BCUT2D eigenvalue weighted by Crippen LogP contribution is 2.21. The van der Waals surface area contributed by atoms with Gasteiger partial charge in [-0.25, -0.2) is 9.78 Å². The van der Waals surface area contributed by atoms with Crippen molar-refractivity contribution >= 4 is 11.9 Å². The van der Waals surface area contributed by atoms with Gasteiger partial charge in [-0.05, 0) is 18.8 Å². The molecule has 6 heteroatoms. The number of H-pyrrole nitrogens is 1. The third-order valence-corrected chi connectivity index (χ3v) is 3.53. The molecule has 98 valence electrons. The van der Waals surface area contributed by atoms with Crippen molar-refractivity contribution in [2.45, 2.75) is 26.2 Å². The van der Waals surface area contributed by atoms with Crippen LogP contribution < -0.4 is 0 Å². The molecule has 6 nitrogen and oxygen atoms in total. The molecule has 1 aliphatic heterocycles. The van der Waals surface area contributed by atoms with Crippen molar-refractivity contribution < 1.29 is 14.7 Å². The molecule has 0 spiro atoms. The number of aromatic nitrogens is 2. The average Bonchev–Trinajstić information content (AvgIpc) is 2.87. The van der Waals surface area contributed by atoms with Crippen LogP contribution >= 0.6 is 0 Å². The van der Waals surface area contributed by atoms with E-state index in [4.69, 9.17) is 5.11 Å². The molecule has 18 heavy (non-hydrogen) atoms. The number of rotatable bonds is 3. The summed E-state index contributed by atoms with van der Waals surface area (Å²) in [5.74, 6) is -0.769. The van der Waals surface area contributed by atoms with Crippen molar-refractivity contribution in [1.82, 2.24) is 14.9 Å². The summed E-state index contributed by atoms with van der Waals surface area (Å²) in [6.07, 6.45) is 4.34. The zero-order valence-corrected chi connectivity index (χ0v) is 10.3. The van der Waals surface area contributed by atoms with Crippen LogP contribution in [0.5, 0.6) is 0 Å². The Kier molecular flexibility index (Phi) is 3.64. The summed E-state index contributed by atoms with van der Waals surface area (Å²) in [6.45, 7) is 3.52. The summed E-state index contributed by atoms with van der Waals surface area (Å²) in [6, 6.07) is 0. The number of hydrogen-bond acceptors (Lipinski definition) is 3. The van der Waals surface area contributed by atoms with Crippen LogP contribution in [0.2, 0.25) is 0 Å². The highest BCUT2D eigenvalue weighted by molar-refractivity contribution is 6.02. The minimum atomic E-state index is -1.15. The van der Waals surface area contributed by atoms with Gasteiger partial charge in [-0.3, -0.25) is 4.79 Å². The molecule has 0 bridgehead atoms. The number of aromatic amines is 1. The van der Waals surface area contributed by atoms with Crippen molar-refractivity contribution in [2.24, 2.45) is 5.92 Å². The Hall–Kier alpha value is -1.85. The normalized spacial score (nSPS) is 16.8. The van der Waals surface area contributed by atoms with Gasteiger partial charge in [-0.15, -0.1) is 0 Å². The molecule has 0 radical (unpaired) electrons. The first-order chi connectivity index (χ1) is 8.63. The van der Waals surface area contributed by atoms with Gasteiger partial charge in [-0.2, -0.15) is 0 Å². The molecule has 1 aromatic rings. The number of nitrogens with zero attached hydrogens (tertiary/aromatic N) is 2. The van der Waals surface area contributed by atoms with Gasteiger partial charge in [0.2, 0.25) is 0 Å². The number of likely N-dealkylation sites (tertiary alicyclic amines) is 1. The first kappa shape index (κ1) is 12.6. The van der Waals surface area contributed by atoms with Crippen LogP contribution in [-0.2, 0) is 0 Å². The Balaban J connectivity index is 2.08.